The van der Waals surface area contributed by atoms with Crippen LogP contribution in [0, 0.1) is 5.92 Å². The fourth-order valence-corrected chi connectivity index (χ4v) is 2.15. The van der Waals surface area contributed by atoms with Crippen LogP contribution in [-0.4, -0.2) is 34.1 Å². The molecule has 0 aromatic carbocycles. The van der Waals surface area contributed by atoms with E-state index in [9.17, 15) is 4.79 Å². The average Bonchev–Trinajstić information content (AvgIpc) is 2.97. The van der Waals surface area contributed by atoms with Crippen molar-refractivity contribution >= 4 is 11.9 Å². The molecule has 1 unspecified atom stereocenters. The van der Waals surface area contributed by atoms with E-state index in [0.717, 1.165) is 43.8 Å². The van der Waals surface area contributed by atoms with Crippen molar-refractivity contribution in [2.45, 2.75) is 12.8 Å². The molecule has 17 heavy (non-hydrogen) atoms. The van der Waals surface area contributed by atoms with Crippen molar-refractivity contribution in [2.24, 2.45) is 5.92 Å². The van der Waals surface area contributed by atoms with E-state index >= 15 is 0 Å². The number of nitrogens with zero attached hydrogens (tertiary/aromatic N) is 3. The van der Waals surface area contributed by atoms with Gasteiger partial charge in [-0.3, -0.25) is 4.79 Å². The topological polar surface area (TPSA) is 56.5 Å². The molecule has 1 aliphatic heterocycles. The first-order valence-corrected chi connectivity index (χ1v) is 5.74. The van der Waals surface area contributed by atoms with Crippen molar-refractivity contribution in [3.63, 3.8) is 0 Å². The molecule has 0 amide bonds. The van der Waals surface area contributed by atoms with Crippen LogP contribution in [0.5, 0.6) is 0 Å². The minimum Gasteiger partial charge on any atom is -0.381 e. The first-order valence-electron chi connectivity index (χ1n) is 5.74. The molecule has 5 nitrogen and oxygen atoms in total. The lowest BCUT2D eigenvalue weighted by Crippen LogP contribution is -2.05. The summed E-state index contributed by atoms with van der Waals surface area (Å²) < 4.78 is 6.93. The number of aldehydes is 1. The summed E-state index contributed by atoms with van der Waals surface area (Å²) in [5, 5.41) is 4.37. The van der Waals surface area contributed by atoms with Gasteiger partial charge >= 0.3 is 0 Å². The third kappa shape index (κ3) is 1.93. The van der Waals surface area contributed by atoms with Crippen molar-refractivity contribution in [3.05, 3.63) is 29.7 Å². The highest BCUT2D eigenvalue weighted by atomic mass is 16.5. The predicted molar refractivity (Wildman–Crippen MR) is 61.0 cm³/mol. The second-order valence-electron chi connectivity index (χ2n) is 4.30. The predicted octanol–water partition coefficient (Wildman–Crippen LogP) is 1.12. The molecule has 0 saturated carbocycles. The van der Waals surface area contributed by atoms with Gasteiger partial charge in [0.05, 0.1) is 0 Å². The molecule has 0 aliphatic carbocycles. The number of ether oxygens (including phenoxy) is 1. The van der Waals surface area contributed by atoms with Gasteiger partial charge in [-0.1, -0.05) is 6.07 Å². The van der Waals surface area contributed by atoms with Gasteiger partial charge in [-0.05, 0) is 24.5 Å². The number of aromatic nitrogens is 3. The molecular weight excluding hydrogens is 218 g/mol. The van der Waals surface area contributed by atoms with Gasteiger partial charge in [-0.25, -0.2) is 9.50 Å². The summed E-state index contributed by atoms with van der Waals surface area (Å²) in [5.41, 5.74) is 1.26. The molecule has 0 N–H and O–H groups in total. The summed E-state index contributed by atoms with van der Waals surface area (Å²) in [5.74, 6) is 1.29. The highest BCUT2D eigenvalue weighted by Crippen LogP contribution is 2.17. The van der Waals surface area contributed by atoms with Crippen LogP contribution in [0.4, 0.5) is 0 Å². The molecular formula is C12H13N3O2. The van der Waals surface area contributed by atoms with E-state index in [1.54, 1.807) is 10.6 Å². The Morgan fingerprint density at radius 3 is 3.24 bits per heavy atom. The Labute approximate surface area is 98.4 Å². The quantitative estimate of drug-likeness (QED) is 0.743. The SMILES string of the molecule is O=Cc1cccc2nc(CC3CCOC3)nn12. The van der Waals surface area contributed by atoms with Crippen LogP contribution < -0.4 is 0 Å². The number of rotatable bonds is 3. The second-order valence-corrected chi connectivity index (χ2v) is 4.30. The van der Waals surface area contributed by atoms with Crippen LogP contribution >= 0.6 is 0 Å². The summed E-state index contributed by atoms with van der Waals surface area (Å²) in [6, 6.07) is 5.40. The van der Waals surface area contributed by atoms with E-state index in [0.29, 0.717) is 11.6 Å². The average molecular weight is 231 g/mol. The van der Waals surface area contributed by atoms with Gasteiger partial charge in [0.25, 0.3) is 0 Å². The lowest BCUT2D eigenvalue weighted by Gasteiger charge is -2.01. The van der Waals surface area contributed by atoms with Gasteiger partial charge in [0.2, 0.25) is 0 Å². The number of carbonyl (C=O) groups is 1. The minimum absolute atomic E-state index is 0.507. The minimum atomic E-state index is 0.507. The number of fused-ring (bicyclic) bond motifs is 1. The zero-order valence-corrected chi connectivity index (χ0v) is 9.37. The van der Waals surface area contributed by atoms with E-state index in [1.165, 1.54) is 0 Å². The van der Waals surface area contributed by atoms with Crippen LogP contribution in [0.25, 0.3) is 5.65 Å². The van der Waals surface area contributed by atoms with Crippen molar-refractivity contribution < 1.29 is 9.53 Å². The first-order chi connectivity index (χ1) is 8.36. The number of hydrogen-bond donors (Lipinski definition) is 0. The van der Waals surface area contributed by atoms with E-state index in [1.807, 2.05) is 12.1 Å². The Morgan fingerprint density at radius 2 is 2.47 bits per heavy atom. The molecule has 3 heterocycles. The fourth-order valence-electron chi connectivity index (χ4n) is 2.15. The van der Waals surface area contributed by atoms with Crippen LogP contribution in [0.1, 0.15) is 22.7 Å². The van der Waals surface area contributed by atoms with Crippen LogP contribution in [0.3, 0.4) is 0 Å². The maximum atomic E-state index is 10.9. The van der Waals surface area contributed by atoms with Crippen LogP contribution in [0.15, 0.2) is 18.2 Å². The Hall–Kier alpha value is -1.75. The summed E-state index contributed by atoms with van der Waals surface area (Å²) in [7, 11) is 0. The second kappa shape index (κ2) is 4.25. The summed E-state index contributed by atoms with van der Waals surface area (Å²) >= 11 is 0. The van der Waals surface area contributed by atoms with Gasteiger partial charge in [-0.15, -0.1) is 0 Å². The van der Waals surface area contributed by atoms with E-state index < -0.39 is 0 Å². The molecule has 2 aromatic rings. The molecule has 5 heteroatoms. The Kier molecular flexibility index (Phi) is 2.60. The maximum absolute atomic E-state index is 10.9. The molecule has 1 saturated heterocycles. The maximum Gasteiger partial charge on any atom is 0.168 e. The zero-order chi connectivity index (χ0) is 11.7. The third-order valence-electron chi connectivity index (χ3n) is 3.05. The highest BCUT2D eigenvalue weighted by Gasteiger charge is 2.18. The van der Waals surface area contributed by atoms with Crippen LogP contribution in [0.2, 0.25) is 0 Å². The van der Waals surface area contributed by atoms with Gasteiger partial charge in [0.15, 0.2) is 17.8 Å². The standard InChI is InChI=1S/C12H13N3O2/c16-7-10-2-1-3-12-13-11(14-15(10)12)6-9-4-5-17-8-9/h1-3,7,9H,4-6,8H2. The molecule has 1 fully saturated rings. The lowest BCUT2D eigenvalue weighted by atomic mass is 10.1. The molecule has 2 aromatic heterocycles. The van der Waals surface area contributed by atoms with Gasteiger partial charge < -0.3 is 4.74 Å². The number of carbonyl (C=O) groups excluding carboxylic acids is 1. The summed E-state index contributed by atoms with van der Waals surface area (Å²) in [4.78, 5) is 15.3. The fraction of sp³-hybridized carbons (Fsp3) is 0.417. The van der Waals surface area contributed by atoms with Crippen molar-refractivity contribution in [3.8, 4) is 0 Å². The van der Waals surface area contributed by atoms with Crippen molar-refractivity contribution in [2.75, 3.05) is 13.2 Å². The summed E-state index contributed by atoms with van der Waals surface area (Å²) in [6.07, 6.45) is 2.68. The molecule has 3 rings (SSSR count). The van der Waals surface area contributed by atoms with Crippen molar-refractivity contribution in [1.29, 1.82) is 0 Å². The first kappa shape index (κ1) is 10.4. The zero-order valence-electron chi connectivity index (χ0n) is 9.37. The Bertz CT molecular complexity index is 544. The summed E-state index contributed by atoms with van der Waals surface area (Å²) in [6.45, 7) is 1.62. The largest absolute Gasteiger partial charge is 0.381 e. The van der Waals surface area contributed by atoms with Crippen molar-refractivity contribution in [1.82, 2.24) is 14.6 Å². The highest BCUT2D eigenvalue weighted by molar-refractivity contribution is 5.73. The van der Waals surface area contributed by atoms with Gasteiger partial charge in [0.1, 0.15) is 5.69 Å². The number of hydrogen-bond acceptors (Lipinski definition) is 4. The molecule has 88 valence electrons. The molecule has 1 aliphatic rings. The van der Waals surface area contributed by atoms with E-state index in [-0.39, 0.29) is 0 Å². The van der Waals surface area contributed by atoms with E-state index in [4.69, 9.17) is 4.74 Å². The third-order valence-corrected chi connectivity index (χ3v) is 3.05. The van der Waals surface area contributed by atoms with Crippen LogP contribution in [-0.2, 0) is 11.2 Å². The molecule has 0 radical (unpaired) electrons. The normalized spacial score (nSPS) is 19.9. The number of pyridine rings is 1. The van der Waals surface area contributed by atoms with Gasteiger partial charge in [-0.2, -0.15) is 5.10 Å². The smallest absolute Gasteiger partial charge is 0.168 e. The van der Waals surface area contributed by atoms with Gasteiger partial charge in [0, 0.05) is 19.6 Å². The molecule has 1 atom stereocenters. The molecule has 0 spiro atoms. The Balaban J connectivity index is 1.92. The lowest BCUT2D eigenvalue weighted by molar-refractivity contribution is 0.111. The Morgan fingerprint density at radius 1 is 1.53 bits per heavy atom. The van der Waals surface area contributed by atoms with E-state index in [2.05, 4.69) is 10.1 Å². The monoisotopic (exact) mass is 231 g/mol. The molecule has 0 bridgehead atoms.